The summed E-state index contributed by atoms with van der Waals surface area (Å²) in [4.78, 5) is 25.1. The minimum absolute atomic E-state index is 0.0207. The van der Waals surface area contributed by atoms with Crippen molar-refractivity contribution < 1.29 is 14.4 Å². The molecular weight excluding hydrogens is 261 g/mol. The van der Waals surface area contributed by atoms with E-state index in [0.717, 1.165) is 0 Å². The average Bonchev–Trinajstić information content (AvgIpc) is 2.71. The van der Waals surface area contributed by atoms with Crippen molar-refractivity contribution in [2.24, 2.45) is 5.16 Å². The van der Waals surface area contributed by atoms with Crippen molar-refractivity contribution in [3.8, 4) is 0 Å². The first kappa shape index (κ1) is 12.2. The van der Waals surface area contributed by atoms with Gasteiger partial charge in [0.1, 0.15) is 0 Å². The smallest absolute Gasteiger partial charge is 0.314 e. The maximum absolute atomic E-state index is 10.8. The van der Waals surface area contributed by atoms with Crippen LogP contribution in [-0.4, -0.2) is 22.8 Å². The maximum Gasteiger partial charge on any atom is 0.367 e. The highest BCUT2D eigenvalue weighted by atomic mass is 35.5. The van der Waals surface area contributed by atoms with Crippen LogP contribution < -0.4 is 0 Å². The molecule has 0 unspecified atom stereocenters. The summed E-state index contributed by atoms with van der Waals surface area (Å²) in [6.45, 7) is 0. The molecule has 7 heteroatoms. The molecule has 4 nitrogen and oxygen atoms in total. The van der Waals surface area contributed by atoms with Crippen LogP contribution in [0.3, 0.4) is 0 Å². The molecule has 0 radical (unpaired) electrons. The predicted molar refractivity (Wildman–Crippen MR) is 58.5 cm³/mol. The number of oxime groups is 1. The maximum atomic E-state index is 10.8. The van der Waals surface area contributed by atoms with Gasteiger partial charge in [-0.15, -0.1) is 11.3 Å². The third-order valence-electron chi connectivity index (χ3n) is 1.30. The van der Waals surface area contributed by atoms with Crippen LogP contribution in [0.5, 0.6) is 0 Å². The molecule has 0 saturated carbocycles. The van der Waals surface area contributed by atoms with E-state index >= 15 is 0 Å². The van der Waals surface area contributed by atoms with Crippen LogP contribution in [0.4, 0.5) is 0 Å². The van der Waals surface area contributed by atoms with Crippen molar-refractivity contribution in [1.82, 2.24) is 0 Å². The topological polar surface area (TPSA) is 55.7 Å². The van der Waals surface area contributed by atoms with E-state index in [2.05, 4.69) is 9.99 Å². The molecule has 1 rings (SSSR count). The fourth-order valence-electron chi connectivity index (χ4n) is 0.683. The van der Waals surface area contributed by atoms with Crippen molar-refractivity contribution in [3.63, 3.8) is 0 Å². The zero-order chi connectivity index (χ0) is 11.3. The quantitative estimate of drug-likeness (QED) is 0.275. The fraction of sp³-hybridized carbons (Fsp3) is 0.125. The molecule has 0 atom stereocenters. The molecule has 1 aromatic heterocycles. The summed E-state index contributed by atoms with van der Waals surface area (Å²) < 4.78 is 0. The number of rotatable bonds is 4. The molecule has 0 aliphatic carbocycles. The lowest BCUT2D eigenvalue weighted by Crippen LogP contribution is -2.11. The van der Waals surface area contributed by atoms with Crippen molar-refractivity contribution >= 4 is 52.5 Å². The second-order valence-corrected chi connectivity index (χ2v) is 4.33. The van der Waals surface area contributed by atoms with Gasteiger partial charge in [0.2, 0.25) is 4.84 Å². The largest absolute Gasteiger partial charge is 0.367 e. The molecule has 1 aromatic rings. The highest BCUT2D eigenvalue weighted by Gasteiger charge is 2.14. The molecule has 0 bridgehead atoms. The Morgan fingerprint density at radius 2 is 2.33 bits per heavy atom. The van der Waals surface area contributed by atoms with Crippen LogP contribution >= 0.6 is 34.5 Å². The number of carbonyl (C=O) groups excluding carboxylic acids is 2. The van der Waals surface area contributed by atoms with E-state index < -0.39 is 10.8 Å². The monoisotopic (exact) mass is 265 g/mol. The van der Waals surface area contributed by atoms with Crippen LogP contribution in [0.2, 0.25) is 0 Å². The first-order chi connectivity index (χ1) is 7.15. The van der Waals surface area contributed by atoms with Crippen LogP contribution in [0.1, 0.15) is 4.88 Å². The van der Waals surface area contributed by atoms with E-state index in [9.17, 15) is 9.59 Å². The Morgan fingerprint density at radius 3 is 2.80 bits per heavy atom. The minimum atomic E-state index is -1.31. The van der Waals surface area contributed by atoms with Crippen LogP contribution in [0.15, 0.2) is 22.7 Å². The van der Waals surface area contributed by atoms with Crippen molar-refractivity contribution in [2.45, 2.75) is 4.84 Å². The molecule has 0 spiro atoms. The number of halogens is 2. The molecule has 80 valence electrons. The Kier molecular flexibility index (Phi) is 4.74. The number of hydrogen-bond acceptors (Lipinski definition) is 5. The molecule has 15 heavy (non-hydrogen) atoms. The molecule has 0 aromatic carbocycles. The van der Waals surface area contributed by atoms with Crippen molar-refractivity contribution in [1.29, 1.82) is 0 Å². The Morgan fingerprint density at radius 1 is 1.60 bits per heavy atom. The number of nitrogens with zero attached hydrogens (tertiary/aromatic N) is 1. The summed E-state index contributed by atoms with van der Waals surface area (Å²) in [5.41, 5.74) is 0.0207. The second kappa shape index (κ2) is 5.85. The van der Waals surface area contributed by atoms with E-state index in [4.69, 9.17) is 23.2 Å². The van der Waals surface area contributed by atoms with E-state index in [1.807, 2.05) is 0 Å². The zero-order valence-electron chi connectivity index (χ0n) is 7.22. The summed E-state index contributed by atoms with van der Waals surface area (Å²) in [6.07, 6.45) is 0.483. The molecular formula is C8H5Cl2NO3S. The molecule has 1 heterocycles. The average molecular weight is 266 g/mol. The van der Waals surface area contributed by atoms with Gasteiger partial charge in [0.15, 0.2) is 12.0 Å². The van der Waals surface area contributed by atoms with E-state index in [0.29, 0.717) is 11.2 Å². The van der Waals surface area contributed by atoms with Crippen LogP contribution in [0.25, 0.3) is 0 Å². The molecule has 0 aliphatic heterocycles. The first-order valence-corrected chi connectivity index (χ1v) is 5.46. The number of alkyl halides is 2. The molecule has 0 amide bonds. The summed E-state index contributed by atoms with van der Waals surface area (Å²) in [5.74, 6) is -0.922. The number of hydrogen-bond donors (Lipinski definition) is 0. The Labute approximate surface area is 99.4 Å². The third-order valence-corrected chi connectivity index (χ3v) is 2.55. The lowest BCUT2D eigenvalue weighted by molar-refractivity contribution is -0.141. The Bertz CT molecular complexity index is 375. The van der Waals surface area contributed by atoms with Gasteiger partial charge in [0.05, 0.1) is 4.88 Å². The molecule has 0 N–H and O–H groups in total. The molecule has 0 fully saturated rings. The van der Waals surface area contributed by atoms with E-state index in [1.54, 1.807) is 17.5 Å². The lowest BCUT2D eigenvalue weighted by atomic mass is 10.3. The molecule has 0 aliphatic rings. The Hall–Kier alpha value is -0.910. The standard InChI is InChI=1S/C8H5Cl2NO3S/c9-7(10)8(13)14-11-5(4-12)6-2-1-3-15-6/h1-4,7H/b11-5+. The summed E-state index contributed by atoms with van der Waals surface area (Å²) in [7, 11) is 0. The molecule has 0 saturated heterocycles. The van der Waals surface area contributed by atoms with E-state index in [-0.39, 0.29) is 5.71 Å². The Balaban J connectivity index is 2.72. The minimum Gasteiger partial charge on any atom is -0.314 e. The lowest BCUT2D eigenvalue weighted by Gasteiger charge is -1.97. The van der Waals surface area contributed by atoms with Gasteiger partial charge in [0.25, 0.3) is 0 Å². The fourth-order valence-corrected chi connectivity index (χ4v) is 1.43. The van der Waals surface area contributed by atoms with Crippen molar-refractivity contribution in [2.75, 3.05) is 0 Å². The van der Waals surface area contributed by atoms with Crippen LogP contribution in [-0.2, 0) is 14.4 Å². The van der Waals surface area contributed by atoms with Gasteiger partial charge in [-0.2, -0.15) is 0 Å². The van der Waals surface area contributed by atoms with Gasteiger partial charge < -0.3 is 4.84 Å². The zero-order valence-corrected chi connectivity index (χ0v) is 9.55. The van der Waals surface area contributed by atoms with Gasteiger partial charge in [-0.25, -0.2) is 4.79 Å². The number of aldehydes is 1. The summed E-state index contributed by atoms with van der Waals surface area (Å²) in [5, 5.41) is 5.11. The summed E-state index contributed by atoms with van der Waals surface area (Å²) >= 11 is 11.7. The highest BCUT2D eigenvalue weighted by molar-refractivity contribution is 7.12. The third kappa shape index (κ3) is 3.62. The highest BCUT2D eigenvalue weighted by Crippen LogP contribution is 2.10. The van der Waals surface area contributed by atoms with Gasteiger partial charge >= 0.3 is 5.97 Å². The second-order valence-electron chi connectivity index (χ2n) is 2.28. The van der Waals surface area contributed by atoms with Crippen molar-refractivity contribution in [3.05, 3.63) is 22.4 Å². The number of thiophene rings is 1. The first-order valence-electron chi connectivity index (χ1n) is 3.71. The van der Waals surface area contributed by atoms with Gasteiger partial charge in [-0.1, -0.05) is 34.4 Å². The van der Waals surface area contributed by atoms with Gasteiger partial charge in [-0.3, -0.25) is 4.79 Å². The SMILES string of the molecule is O=C/C(=N\OC(=O)C(Cl)Cl)c1cccs1. The van der Waals surface area contributed by atoms with E-state index in [1.165, 1.54) is 11.3 Å². The predicted octanol–water partition coefficient (Wildman–Crippen LogP) is 2.00. The van der Waals surface area contributed by atoms with Gasteiger partial charge in [0, 0.05) is 0 Å². The van der Waals surface area contributed by atoms with Gasteiger partial charge in [-0.05, 0) is 11.4 Å². The number of carbonyl (C=O) groups is 2. The normalized spacial score (nSPS) is 11.5. The van der Waals surface area contributed by atoms with Crippen LogP contribution in [0, 0.1) is 0 Å². The summed E-state index contributed by atoms with van der Waals surface area (Å²) in [6, 6.07) is 3.41.